The predicted octanol–water partition coefficient (Wildman–Crippen LogP) is 2.23. The summed E-state index contributed by atoms with van der Waals surface area (Å²) in [4.78, 5) is 23.0. The van der Waals surface area contributed by atoms with Crippen LogP contribution in [0.15, 0.2) is 24.4 Å². The molecule has 25 heavy (non-hydrogen) atoms. The molecule has 2 aromatic rings. The molecule has 0 bridgehead atoms. The Morgan fingerprint density at radius 3 is 2.28 bits per heavy atom. The van der Waals surface area contributed by atoms with Gasteiger partial charge >= 0.3 is 13.1 Å². The first kappa shape index (κ1) is 17.7. The van der Waals surface area contributed by atoms with E-state index >= 15 is 0 Å². The number of aromatic nitrogens is 1. The van der Waals surface area contributed by atoms with E-state index in [2.05, 4.69) is 0 Å². The summed E-state index contributed by atoms with van der Waals surface area (Å²) in [5.41, 5.74) is 1.10. The number of hydrogen-bond acceptors (Lipinski definition) is 4. The summed E-state index contributed by atoms with van der Waals surface area (Å²) in [7, 11) is -0.531. The maximum Gasteiger partial charge on any atom is 0.494 e. The Hall–Kier alpha value is -2.12. The molecule has 0 saturated carbocycles. The van der Waals surface area contributed by atoms with Gasteiger partial charge in [-0.25, -0.2) is 0 Å². The minimum atomic E-state index is -0.956. The Bertz CT molecular complexity index is 852. The second-order valence-electron chi connectivity index (χ2n) is 7.49. The lowest BCUT2D eigenvalue weighted by molar-refractivity contribution is -0.137. The molecule has 1 aliphatic rings. The van der Waals surface area contributed by atoms with Crippen molar-refractivity contribution >= 4 is 35.2 Å². The third-order valence-electron chi connectivity index (χ3n) is 5.12. The highest BCUT2D eigenvalue weighted by Crippen LogP contribution is 2.36. The van der Waals surface area contributed by atoms with E-state index in [4.69, 9.17) is 14.4 Å². The van der Waals surface area contributed by atoms with E-state index in [0.717, 1.165) is 5.46 Å². The van der Waals surface area contributed by atoms with Crippen molar-refractivity contribution in [2.24, 2.45) is 0 Å². The van der Waals surface area contributed by atoms with Crippen molar-refractivity contribution in [3.63, 3.8) is 0 Å². The van der Waals surface area contributed by atoms with Crippen molar-refractivity contribution in [1.82, 2.24) is 4.57 Å². The van der Waals surface area contributed by atoms with Gasteiger partial charge in [0.05, 0.1) is 11.2 Å². The summed E-state index contributed by atoms with van der Waals surface area (Å²) in [6, 6.07) is 5.52. The molecule has 0 atom stereocenters. The zero-order chi connectivity index (χ0) is 18.6. The molecule has 1 saturated heterocycles. The number of carboxylic acid groups (broad SMARTS) is 1. The Morgan fingerprint density at radius 1 is 1.16 bits per heavy atom. The van der Waals surface area contributed by atoms with E-state index < -0.39 is 24.3 Å². The van der Waals surface area contributed by atoms with Gasteiger partial charge in [0.2, 0.25) is 0 Å². The van der Waals surface area contributed by atoms with Crippen molar-refractivity contribution in [2.75, 3.05) is 0 Å². The molecule has 6 nitrogen and oxygen atoms in total. The van der Waals surface area contributed by atoms with Gasteiger partial charge in [0, 0.05) is 22.7 Å². The van der Waals surface area contributed by atoms with Crippen molar-refractivity contribution in [3.8, 4) is 0 Å². The molecular weight excluding hydrogens is 321 g/mol. The van der Waals surface area contributed by atoms with Gasteiger partial charge in [0.1, 0.15) is 6.54 Å². The number of carboxylic acids is 1. The molecule has 3 rings (SSSR count). The number of rotatable bonds is 4. The molecule has 1 N–H and O–H groups in total. The molecule has 132 valence electrons. The fourth-order valence-corrected chi connectivity index (χ4v) is 3.00. The second kappa shape index (κ2) is 5.71. The normalized spacial score (nSPS) is 18.7. The van der Waals surface area contributed by atoms with Crippen LogP contribution in [0.4, 0.5) is 0 Å². The molecule has 1 aromatic heterocycles. The second-order valence-corrected chi connectivity index (χ2v) is 7.49. The highest BCUT2D eigenvalue weighted by atomic mass is 16.7. The van der Waals surface area contributed by atoms with E-state index in [1.54, 1.807) is 10.8 Å². The first-order valence-corrected chi connectivity index (χ1v) is 8.23. The lowest BCUT2D eigenvalue weighted by atomic mass is 9.78. The average Bonchev–Trinajstić information content (AvgIpc) is 2.93. The highest BCUT2D eigenvalue weighted by Gasteiger charge is 2.51. The number of fused-ring (bicyclic) bond motifs is 1. The van der Waals surface area contributed by atoms with Gasteiger partial charge in [0.25, 0.3) is 0 Å². The standard InChI is InChI=1S/C18H22BNO5/c1-11(21)14-9-20(10-16(22)23)15-7-6-12(8-13(14)15)19-24-17(2,3)18(4,5)25-19/h6-9H,10H2,1-5H3,(H,22,23). The van der Waals surface area contributed by atoms with Gasteiger partial charge in [-0.1, -0.05) is 12.1 Å². The molecule has 1 fully saturated rings. The number of carbonyl (C=O) groups is 2. The summed E-state index contributed by atoms with van der Waals surface area (Å²) in [6.07, 6.45) is 1.59. The quantitative estimate of drug-likeness (QED) is 0.680. The summed E-state index contributed by atoms with van der Waals surface area (Å²) in [5.74, 6) is -1.07. The molecule has 0 radical (unpaired) electrons. The number of aliphatic carboxylic acids is 1. The Labute approximate surface area is 146 Å². The summed E-state index contributed by atoms with van der Waals surface area (Å²) in [5, 5.41) is 9.78. The minimum absolute atomic E-state index is 0.111. The van der Waals surface area contributed by atoms with Crippen LogP contribution in [0.2, 0.25) is 0 Å². The van der Waals surface area contributed by atoms with Gasteiger partial charge < -0.3 is 19.0 Å². The summed E-state index contributed by atoms with van der Waals surface area (Å²) in [6.45, 7) is 9.21. The zero-order valence-electron chi connectivity index (χ0n) is 15.1. The van der Waals surface area contributed by atoms with Gasteiger partial charge in [-0.2, -0.15) is 0 Å². The topological polar surface area (TPSA) is 77.8 Å². The number of ketones is 1. The molecule has 0 amide bonds. The molecular formula is C18H22BNO5. The average molecular weight is 343 g/mol. The zero-order valence-corrected chi connectivity index (χ0v) is 15.1. The fraction of sp³-hybridized carbons (Fsp3) is 0.444. The van der Waals surface area contributed by atoms with Crippen LogP contribution >= 0.6 is 0 Å². The minimum Gasteiger partial charge on any atom is -0.480 e. The van der Waals surface area contributed by atoms with Crippen molar-refractivity contribution < 1.29 is 24.0 Å². The first-order chi connectivity index (χ1) is 11.5. The lowest BCUT2D eigenvalue weighted by Crippen LogP contribution is -2.41. The summed E-state index contributed by atoms with van der Waals surface area (Å²) >= 11 is 0. The number of Topliss-reactive ketones (excluding diaryl/α,β-unsaturated/α-hetero) is 1. The van der Waals surface area contributed by atoms with Crippen LogP contribution in [0.25, 0.3) is 10.9 Å². The van der Waals surface area contributed by atoms with E-state index in [1.165, 1.54) is 6.92 Å². The maximum atomic E-state index is 12.0. The molecule has 2 heterocycles. The largest absolute Gasteiger partial charge is 0.494 e. The molecule has 7 heteroatoms. The molecule has 0 unspecified atom stereocenters. The van der Waals surface area contributed by atoms with Crippen LogP contribution < -0.4 is 5.46 Å². The smallest absolute Gasteiger partial charge is 0.480 e. The lowest BCUT2D eigenvalue weighted by Gasteiger charge is -2.32. The summed E-state index contributed by atoms with van der Waals surface area (Å²) < 4.78 is 13.7. The Balaban J connectivity index is 2.07. The van der Waals surface area contributed by atoms with Crippen LogP contribution in [0.5, 0.6) is 0 Å². The van der Waals surface area contributed by atoms with Gasteiger partial charge in [-0.15, -0.1) is 0 Å². The third kappa shape index (κ3) is 2.98. The number of benzene rings is 1. The maximum absolute atomic E-state index is 12.0. The van der Waals surface area contributed by atoms with Crippen molar-refractivity contribution in [2.45, 2.75) is 52.4 Å². The van der Waals surface area contributed by atoms with Crippen LogP contribution in [-0.2, 0) is 20.6 Å². The molecule has 0 spiro atoms. The number of nitrogens with zero attached hydrogens (tertiary/aromatic N) is 1. The van der Waals surface area contributed by atoms with Crippen LogP contribution in [-0.4, -0.2) is 39.7 Å². The molecule has 1 aliphatic heterocycles. The third-order valence-corrected chi connectivity index (χ3v) is 5.12. The molecule has 0 aliphatic carbocycles. The van der Waals surface area contributed by atoms with Crippen molar-refractivity contribution in [3.05, 3.63) is 30.0 Å². The predicted molar refractivity (Wildman–Crippen MR) is 95.3 cm³/mol. The van der Waals surface area contributed by atoms with Crippen LogP contribution in [0.1, 0.15) is 45.0 Å². The number of carbonyl (C=O) groups excluding carboxylic acids is 1. The van der Waals surface area contributed by atoms with E-state index in [-0.39, 0.29) is 12.3 Å². The Kier molecular flexibility index (Phi) is 4.04. The highest BCUT2D eigenvalue weighted by molar-refractivity contribution is 6.62. The van der Waals surface area contributed by atoms with E-state index in [9.17, 15) is 9.59 Å². The monoisotopic (exact) mass is 343 g/mol. The SMILES string of the molecule is CC(=O)c1cn(CC(=O)O)c2ccc(B3OC(C)(C)C(C)(C)O3)cc12. The van der Waals surface area contributed by atoms with Gasteiger partial charge in [0.15, 0.2) is 5.78 Å². The molecule has 1 aromatic carbocycles. The van der Waals surface area contributed by atoms with Gasteiger partial charge in [-0.05, 0) is 46.1 Å². The van der Waals surface area contributed by atoms with Gasteiger partial charge in [-0.3, -0.25) is 9.59 Å². The fourth-order valence-electron chi connectivity index (χ4n) is 3.00. The van der Waals surface area contributed by atoms with Crippen LogP contribution in [0.3, 0.4) is 0 Å². The number of hydrogen-bond donors (Lipinski definition) is 1. The first-order valence-electron chi connectivity index (χ1n) is 8.23. The Morgan fingerprint density at radius 2 is 1.76 bits per heavy atom. The van der Waals surface area contributed by atoms with Crippen molar-refractivity contribution in [1.29, 1.82) is 0 Å². The van der Waals surface area contributed by atoms with Crippen LogP contribution in [0, 0.1) is 0 Å². The van der Waals surface area contributed by atoms with E-state index in [1.807, 2.05) is 45.9 Å². The van der Waals surface area contributed by atoms with E-state index in [0.29, 0.717) is 16.5 Å².